The number of amides is 2. The monoisotopic (exact) mass is 425 g/mol. The second-order valence-corrected chi connectivity index (χ2v) is 7.63. The minimum atomic E-state index is -0.207. The van der Waals surface area contributed by atoms with Gasteiger partial charge in [-0.05, 0) is 25.0 Å². The standard InChI is InChI=1S/C23H31N5O3/c1-19-6-3-4-7-21(19)26-13-15-27(16-14-26)22(29)8-12-28(11-5-17-31-2)23(30)20-18-24-9-10-25-20/h3-4,6-7,9-10,18H,5,8,11-17H2,1-2H3. The van der Waals surface area contributed by atoms with Crippen LogP contribution in [0.2, 0.25) is 0 Å². The lowest BCUT2D eigenvalue weighted by Crippen LogP contribution is -2.49. The maximum atomic E-state index is 12.8. The molecular weight excluding hydrogens is 394 g/mol. The Bertz CT molecular complexity index is 853. The van der Waals surface area contributed by atoms with Crippen LogP contribution in [0, 0.1) is 6.92 Å². The number of carbonyl (C=O) groups excluding carboxylic acids is 2. The highest BCUT2D eigenvalue weighted by Crippen LogP contribution is 2.21. The lowest BCUT2D eigenvalue weighted by atomic mass is 10.1. The third-order valence-corrected chi connectivity index (χ3v) is 5.53. The van der Waals surface area contributed by atoms with Crippen LogP contribution in [0.4, 0.5) is 5.69 Å². The second kappa shape index (κ2) is 11.4. The Labute approximate surface area is 183 Å². The molecule has 0 saturated carbocycles. The molecule has 0 bridgehead atoms. The van der Waals surface area contributed by atoms with E-state index >= 15 is 0 Å². The number of aryl methyl sites for hydroxylation is 1. The van der Waals surface area contributed by atoms with Gasteiger partial charge in [-0.15, -0.1) is 0 Å². The Morgan fingerprint density at radius 1 is 1.10 bits per heavy atom. The number of rotatable bonds is 9. The topological polar surface area (TPSA) is 78.9 Å². The fourth-order valence-corrected chi connectivity index (χ4v) is 3.79. The molecule has 0 atom stereocenters. The van der Waals surface area contributed by atoms with Crippen molar-refractivity contribution in [1.29, 1.82) is 0 Å². The van der Waals surface area contributed by atoms with E-state index < -0.39 is 0 Å². The summed E-state index contributed by atoms with van der Waals surface area (Å²) in [7, 11) is 1.63. The molecule has 2 amide bonds. The molecule has 8 heteroatoms. The molecule has 1 aliphatic heterocycles. The summed E-state index contributed by atoms with van der Waals surface area (Å²) in [6, 6.07) is 8.33. The molecule has 1 saturated heterocycles. The van der Waals surface area contributed by atoms with Crippen molar-refractivity contribution in [2.45, 2.75) is 19.8 Å². The molecule has 1 fully saturated rings. The molecule has 31 heavy (non-hydrogen) atoms. The molecule has 0 unspecified atom stereocenters. The molecule has 3 rings (SSSR count). The van der Waals surface area contributed by atoms with Crippen LogP contribution in [0.5, 0.6) is 0 Å². The van der Waals surface area contributed by atoms with Crippen molar-refractivity contribution in [3.8, 4) is 0 Å². The highest BCUT2D eigenvalue weighted by molar-refractivity contribution is 5.92. The number of ether oxygens (including phenoxy) is 1. The summed E-state index contributed by atoms with van der Waals surface area (Å²) in [6.45, 7) is 6.54. The molecule has 0 aliphatic carbocycles. The van der Waals surface area contributed by atoms with Gasteiger partial charge in [0.05, 0.1) is 6.20 Å². The molecule has 0 N–H and O–H groups in total. The van der Waals surface area contributed by atoms with Gasteiger partial charge in [0.25, 0.3) is 5.91 Å². The smallest absolute Gasteiger partial charge is 0.274 e. The van der Waals surface area contributed by atoms with Crippen molar-refractivity contribution in [3.63, 3.8) is 0 Å². The van der Waals surface area contributed by atoms with E-state index in [1.54, 1.807) is 12.0 Å². The number of piperazine rings is 1. The number of benzene rings is 1. The lowest BCUT2D eigenvalue weighted by molar-refractivity contribution is -0.131. The normalized spacial score (nSPS) is 13.9. The zero-order chi connectivity index (χ0) is 22.1. The predicted molar refractivity (Wildman–Crippen MR) is 119 cm³/mol. The number of anilines is 1. The molecular formula is C23H31N5O3. The molecule has 1 aromatic heterocycles. The van der Waals surface area contributed by atoms with Crippen molar-refractivity contribution in [2.24, 2.45) is 0 Å². The molecule has 1 aliphatic rings. The lowest BCUT2D eigenvalue weighted by Gasteiger charge is -2.37. The summed E-state index contributed by atoms with van der Waals surface area (Å²) in [5.74, 6) is -0.130. The molecule has 2 heterocycles. The van der Waals surface area contributed by atoms with E-state index in [-0.39, 0.29) is 11.8 Å². The number of nitrogens with zero attached hydrogens (tertiary/aromatic N) is 5. The van der Waals surface area contributed by atoms with Gasteiger partial charge in [0.15, 0.2) is 0 Å². The average molecular weight is 426 g/mol. The molecule has 0 radical (unpaired) electrons. The SMILES string of the molecule is COCCCN(CCC(=O)N1CCN(c2ccccc2C)CC1)C(=O)c1cnccn1. The highest BCUT2D eigenvalue weighted by Gasteiger charge is 2.24. The van der Waals surface area contributed by atoms with Crippen LogP contribution < -0.4 is 4.90 Å². The first-order valence-electron chi connectivity index (χ1n) is 10.7. The maximum absolute atomic E-state index is 12.8. The quantitative estimate of drug-likeness (QED) is 0.572. The largest absolute Gasteiger partial charge is 0.385 e. The third-order valence-electron chi connectivity index (χ3n) is 5.53. The number of methoxy groups -OCH3 is 1. The van der Waals surface area contributed by atoms with Crippen LogP contribution in [-0.4, -0.2) is 84.6 Å². The Kier molecular flexibility index (Phi) is 8.35. The van der Waals surface area contributed by atoms with Gasteiger partial charge in [-0.1, -0.05) is 18.2 Å². The summed E-state index contributed by atoms with van der Waals surface area (Å²) in [5, 5.41) is 0. The van der Waals surface area contributed by atoms with E-state index in [9.17, 15) is 9.59 Å². The van der Waals surface area contributed by atoms with Crippen molar-refractivity contribution in [1.82, 2.24) is 19.8 Å². The predicted octanol–water partition coefficient (Wildman–Crippen LogP) is 2.00. The van der Waals surface area contributed by atoms with Gasteiger partial charge in [0.1, 0.15) is 5.69 Å². The Morgan fingerprint density at radius 2 is 1.87 bits per heavy atom. The van der Waals surface area contributed by atoms with Gasteiger partial charge in [-0.25, -0.2) is 4.98 Å². The Morgan fingerprint density at radius 3 is 2.55 bits per heavy atom. The minimum Gasteiger partial charge on any atom is -0.385 e. The average Bonchev–Trinajstić information content (AvgIpc) is 2.81. The summed E-state index contributed by atoms with van der Waals surface area (Å²) in [5.41, 5.74) is 2.77. The van der Waals surface area contributed by atoms with Gasteiger partial charge < -0.3 is 19.4 Å². The van der Waals surface area contributed by atoms with E-state index in [1.165, 1.54) is 29.8 Å². The van der Waals surface area contributed by atoms with Crippen molar-refractivity contribution >= 4 is 17.5 Å². The van der Waals surface area contributed by atoms with Crippen molar-refractivity contribution < 1.29 is 14.3 Å². The molecule has 0 spiro atoms. The summed E-state index contributed by atoms with van der Waals surface area (Å²) in [4.78, 5) is 39.6. The molecule has 8 nitrogen and oxygen atoms in total. The summed E-state index contributed by atoms with van der Waals surface area (Å²) < 4.78 is 5.11. The molecule has 2 aromatic rings. The molecule has 1 aromatic carbocycles. The maximum Gasteiger partial charge on any atom is 0.274 e. The van der Waals surface area contributed by atoms with Gasteiger partial charge in [-0.3, -0.25) is 14.6 Å². The van der Waals surface area contributed by atoms with E-state index in [4.69, 9.17) is 4.74 Å². The molecule has 166 valence electrons. The van der Waals surface area contributed by atoms with Crippen LogP contribution in [0.25, 0.3) is 0 Å². The van der Waals surface area contributed by atoms with Crippen LogP contribution in [0.15, 0.2) is 42.9 Å². The number of para-hydroxylation sites is 1. The highest BCUT2D eigenvalue weighted by atomic mass is 16.5. The second-order valence-electron chi connectivity index (χ2n) is 7.63. The fourth-order valence-electron chi connectivity index (χ4n) is 3.79. The zero-order valence-electron chi connectivity index (χ0n) is 18.4. The zero-order valence-corrected chi connectivity index (χ0v) is 18.4. The van der Waals surface area contributed by atoms with E-state index in [1.807, 2.05) is 17.0 Å². The van der Waals surface area contributed by atoms with Crippen LogP contribution >= 0.6 is 0 Å². The number of hydrogen-bond acceptors (Lipinski definition) is 6. The number of hydrogen-bond donors (Lipinski definition) is 0. The number of aromatic nitrogens is 2. The number of carbonyl (C=O) groups is 2. The third kappa shape index (κ3) is 6.24. The van der Waals surface area contributed by atoms with Crippen LogP contribution in [0.1, 0.15) is 28.9 Å². The fraction of sp³-hybridized carbons (Fsp3) is 0.478. The van der Waals surface area contributed by atoms with Gasteiger partial charge in [0, 0.05) is 77.5 Å². The Balaban J connectivity index is 1.53. The van der Waals surface area contributed by atoms with Gasteiger partial charge >= 0.3 is 0 Å². The first-order chi connectivity index (χ1) is 15.1. The van der Waals surface area contributed by atoms with Crippen molar-refractivity contribution in [2.75, 3.05) is 57.9 Å². The van der Waals surface area contributed by atoms with Gasteiger partial charge in [0.2, 0.25) is 5.91 Å². The van der Waals surface area contributed by atoms with E-state index in [0.717, 1.165) is 13.1 Å². The van der Waals surface area contributed by atoms with Gasteiger partial charge in [-0.2, -0.15) is 0 Å². The first-order valence-corrected chi connectivity index (χ1v) is 10.7. The Hall–Kier alpha value is -3.00. The minimum absolute atomic E-state index is 0.0770. The summed E-state index contributed by atoms with van der Waals surface area (Å²) in [6.07, 6.45) is 5.49. The van der Waals surface area contributed by atoms with E-state index in [2.05, 4.69) is 33.9 Å². The first kappa shape index (κ1) is 22.7. The van der Waals surface area contributed by atoms with Crippen LogP contribution in [0.3, 0.4) is 0 Å². The van der Waals surface area contributed by atoms with Crippen LogP contribution in [-0.2, 0) is 9.53 Å². The summed E-state index contributed by atoms with van der Waals surface area (Å²) >= 11 is 0. The van der Waals surface area contributed by atoms with E-state index in [0.29, 0.717) is 51.3 Å². The van der Waals surface area contributed by atoms with Crippen molar-refractivity contribution in [3.05, 3.63) is 54.1 Å².